The molecular weight excluding hydrogens is 617 g/mol. The number of carbonyl (C=O) groups excluding carboxylic acids is 2. The van der Waals surface area contributed by atoms with Crippen LogP contribution in [0.3, 0.4) is 0 Å². The van der Waals surface area contributed by atoms with Crippen molar-refractivity contribution in [3.63, 3.8) is 0 Å². The molecule has 0 fully saturated rings. The molecule has 0 saturated heterocycles. The van der Waals surface area contributed by atoms with Crippen molar-refractivity contribution in [2.75, 3.05) is 0 Å². The normalized spacial score (nSPS) is 11.2. The Labute approximate surface area is 267 Å². The molecule has 2 aromatic heterocycles. The van der Waals surface area contributed by atoms with Gasteiger partial charge in [0.15, 0.2) is 0 Å². The van der Waals surface area contributed by atoms with E-state index in [1.165, 1.54) is 23.6 Å². The number of nitrogens with zero attached hydrogens (tertiary/aromatic N) is 2. The predicted octanol–water partition coefficient (Wildman–Crippen LogP) is 4.48. The van der Waals surface area contributed by atoms with E-state index in [2.05, 4.69) is 4.98 Å². The van der Waals surface area contributed by atoms with Gasteiger partial charge in [0.25, 0.3) is 11.1 Å². The zero-order valence-corrected chi connectivity index (χ0v) is 27.3. The number of nitrogens with one attached hydrogen (secondary N) is 2. The lowest BCUT2D eigenvalue weighted by Gasteiger charge is -2.15. The highest BCUT2D eigenvalue weighted by Gasteiger charge is 2.34. The van der Waals surface area contributed by atoms with Gasteiger partial charge in [-0.15, -0.1) is 0 Å². The Hall–Kier alpha value is -5.07. The van der Waals surface area contributed by atoms with Crippen molar-refractivity contribution in [3.8, 4) is 0 Å². The van der Waals surface area contributed by atoms with Crippen molar-refractivity contribution in [3.05, 3.63) is 134 Å². The highest BCUT2D eigenvalue weighted by atomic mass is 19.4. The fraction of sp³-hybridized carbons (Fsp3) is 0.353. The van der Waals surface area contributed by atoms with Crippen LogP contribution in [0.4, 0.5) is 13.2 Å². The Balaban J connectivity index is 0.000000257. The van der Waals surface area contributed by atoms with Crippen LogP contribution < -0.4 is 22.5 Å². The molecular formula is C34H37F3N4O6. The first-order chi connectivity index (χ1) is 21.9. The largest absolute Gasteiger partial charge is 0.393 e. The van der Waals surface area contributed by atoms with E-state index in [9.17, 15) is 41.9 Å². The Morgan fingerprint density at radius 3 is 1.28 bits per heavy atom. The van der Waals surface area contributed by atoms with Gasteiger partial charge in [0, 0.05) is 29.8 Å². The van der Waals surface area contributed by atoms with Crippen molar-refractivity contribution < 1.29 is 22.8 Å². The first-order valence-corrected chi connectivity index (χ1v) is 15.0. The molecule has 0 radical (unpaired) electrons. The number of ketones is 2. The van der Waals surface area contributed by atoms with Crippen molar-refractivity contribution >= 4 is 11.6 Å². The lowest BCUT2D eigenvalue weighted by atomic mass is 9.98. The molecule has 0 atom stereocenters. The average Bonchev–Trinajstić information content (AvgIpc) is 2.96. The van der Waals surface area contributed by atoms with Gasteiger partial charge in [-0.3, -0.25) is 38.3 Å². The summed E-state index contributed by atoms with van der Waals surface area (Å²) in [5.74, 6) is -1.07. The minimum Gasteiger partial charge on any atom is -0.290 e. The Bertz CT molecular complexity index is 2010. The van der Waals surface area contributed by atoms with E-state index in [-0.39, 0.29) is 23.6 Å². The molecule has 4 aromatic rings. The van der Waals surface area contributed by atoms with Crippen LogP contribution in [-0.4, -0.2) is 36.8 Å². The fourth-order valence-electron chi connectivity index (χ4n) is 5.52. The number of H-pyrrole nitrogens is 2. The summed E-state index contributed by atoms with van der Waals surface area (Å²) in [6.07, 6.45) is -5.89. The molecule has 0 aliphatic carbocycles. The number of halogens is 3. The van der Waals surface area contributed by atoms with E-state index < -0.39 is 52.1 Å². The zero-order chi connectivity index (χ0) is 35.4. The molecule has 47 heavy (non-hydrogen) atoms. The number of rotatable bonds is 8. The van der Waals surface area contributed by atoms with Crippen molar-refractivity contribution in [2.45, 2.75) is 80.6 Å². The summed E-state index contributed by atoms with van der Waals surface area (Å²) in [5.41, 5.74) is 0.215. The SMILES string of the molecule is CCc1c(C(=O)c2cc(C)cc(C)c2)n(CC)c(=O)[nH]c1=O.CCn1c(C(=O)c2cc(C)cc(C)c2)c(CC(F)(F)F)c(=O)[nH]c1=O. The van der Waals surface area contributed by atoms with E-state index in [4.69, 9.17) is 0 Å². The van der Waals surface area contributed by atoms with Crippen LogP contribution in [0, 0.1) is 27.7 Å². The van der Waals surface area contributed by atoms with Gasteiger partial charge >= 0.3 is 17.6 Å². The average molecular weight is 655 g/mol. The van der Waals surface area contributed by atoms with Crippen LogP contribution >= 0.6 is 0 Å². The summed E-state index contributed by atoms with van der Waals surface area (Å²) >= 11 is 0. The second-order valence-electron chi connectivity index (χ2n) is 11.2. The topological polar surface area (TPSA) is 144 Å². The maximum atomic E-state index is 12.9. The molecule has 2 heterocycles. The smallest absolute Gasteiger partial charge is 0.290 e. The lowest BCUT2D eigenvalue weighted by molar-refractivity contribution is -0.127. The predicted molar refractivity (Wildman–Crippen MR) is 172 cm³/mol. The molecule has 2 aromatic carbocycles. The van der Waals surface area contributed by atoms with E-state index in [1.54, 1.807) is 45.9 Å². The molecule has 0 bridgehead atoms. The third-order valence-electron chi connectivity index (χ3n) is 7.35. The molecule has 250 valence electrons. The maximum absolute atomic E-state index is 12.9. The van der Waals surface area contributed by atoms with Crippen LogP contribution in [0.2, 0.25) is 0 Å². The summed E-state index contributed by atoms with van der Waals surface area (Å²) in [6, 6.07) is 10.4. The highest BCUT2D eigenvalue weighted by molar-refractivity contribution is 6.09. The van der Waals surface area contributed by atoms with E-state index in [0.29, 0.717) is 24.1 Å². The molecule has 0 unspecified atom stereocenters. The fourth-order valence-corrected chi connectivity index (χ4v) is 5.52. The number of hydrogen-bond acceptors (Lipinski definition) is 6. The standard InChI is InChI=1S/C17H17F3N2O3.C17H20N2O3/c1-4-22-13(14(23)11-6-9(2)5-10(3)7-11)12(8-17(18,19)20)15(24)21-16(22)25;1-5-13-14(19(6-2)17(22)18-16(13)21)15(20)12-8-10(3)7-11(4)9-12/h5-7H,4,8H2,1-3H3,(H,21,24,25);7-9H,5-6H2,1-4H3,(H,18,21,22). The first-order valence-electron chi connectivity index (χ1n) is 15.0. The van der Waals surface area contributed by atoms with Gasteiger partial charge in [-0.2, -0.15) is 13.2 Å². The van der Waals surface area contributed by atoms with Gasteiger partial charge in [-0.1, -0.05) is 41.3 Å². The maximum Gasteiger partial charge on any atom is 0.393 e. The third-order valence-corrected chi connectivity index (χ3v) is 7.35. The number of aryl methyl sites for hydroxylation is 4. The van der Waals surface area contributed by atoms with Gasteiger partial charge < -0.3 is 0 Å². The van der Waals surface area contributed by atoms with Gasteiger partial charge in [0.05, 0.1) is 12.0 Å². The molecule has 2 N–H and O–H groups in total. The number of benzene rings is 2. The van der Waals surface area contributed by atoms with Gasteiger partial charge in [-0.25, -0.2) is 9.59 Å². The van der Waals surface area contributed by atoms with Gasteiger partial charge in [-0.05, 0) is 72.2 Å². The highest BCUT2D eigenvalue weighted by Crippen LogP contribution is 2.23. The molecule has 0 amide bonds. The Morgan fingerprint density at radius 1 is 0.617 bits per heavy atom. The van der Waals surface area contributed by atoms with E-state index in [0.717, 1.165) is 26.8 Å². The Kier molecular flexibility index (Phi) is 11.3. The second kappa shape index (κ2) is 14.6. The summed E-state index contributed by atoms with van der Waals surface area (Å²) in [6.45, 7) is 12.7. The number of carbonyl (C=O) groups is 2. The third kappa shape index (κ3) is 8.40. The summed E-state index contributed by atoms with van der Waals surface area (Å²) in [5, 5.41) is 0. The van der Waals surface area contributed by atoms with Crippen LogP contribution in [0.25, 0.3) is 0 Å². The van der Waals surface area contributed by atoms with Crippen molar-refractivity contribution in [2.24, 2.45) is 0 Å². The van der Waals surface area contributed by atoms with Crippen LogP contribution in [-0.2, 0) is 25.9 Å². The molecule has 10 nitrogen and oxygen atoms in total. The molecule has 0 spiro atoms. The molecule has 0 aliphatic rings. The Morgan fingerprint density at radius 2 is 0.957 bits per heavy atom. The molecule has 13 heteroatoms. The van der Waals surface area contributed by atoms with E-state index >= 15 is 0 Å². The number of hydrogen-bond donors (Lipinski definition) is 2. The molecule has 0 saturated carbocycles. The number of alkyl halides is 3. The lowest BCUT2D eigenvalue weighted by Crippen LogP contribution is -2.38. The summed E-state index contributed by atoms with van der Waals surface area (Å²) in [7, 11) is 0. The van der Waals surface area contributed by atoms with Crippen LogP contribution in [0.15, 0.2) is 55.6 Å². The summed E-state index contributed by atoms with van der Waals surface area (Å²) in [4.78, 5) is 77.8. The molecule has 4 rings (SSSR count). The van der Waals surface area contributed by atoms with Crippen molar-refractivity contribution in [1.29, 1.82) is 0 Å². The first kappa shape index (κ1) is 36.4. The second-order valence-corrected chi connectivity index (χ2v) is 11.2. The monoisotopic (exact) mass is 654 g/mol. The minimum atomic E-state index is -4.69. The van der Waals surface area contributed by atoms with Crippen LogP contribution in [0.5, 0.6) is 0 Å². The minimum absolute atomic E-state index is 0.0493. The number of aromatic nitrogens is 4. The van der Waals surface area contributed by atoms with Crippen molar-refractivity contribution in [1.82, 2.24) is 19.1 Å². The van der Waals surface area contributed by atoms with E-state index in [1.807, 2.05) is 24.9 Å². The quantitative estimate of drug-likeness (QED) is 0.268. The van der Waals surface area contributed by atoms with Gasteiger partial charge in [0.1, 0.15) is 11.4 Å². The van der Waals surface area contributed by atoms with Gasteiger partial charge in [0.2, 0.25) is 11.6 Å². The zero-order valence-electron chi connectivity index (χ0n) is 27.3. The molecule has 0 aliphatic heterocycles. The number of aromatic amines is 2. The van der Waals surface area contributed by atoms with Crippen LogP contribution in [0.1, 0.15) is 86.3 Å². The summed E-state index contributed by atoms with van der Waals surface area (Å²) < 4.78 is 40.8.